The second-order valence-corrected chi connectivity index (χ2v) is 4.97. The van der Waals surface area contributed by atoms with E-state index in [9.17, 15) is 9.18 Å². The van der Waals surface area contributed by atoms with Crippen LogP contribution in [0.5, 0.6) is 0 Å². The van der Waals surface area contributed by atoms with Crippen molar-refractivity contribution in [3.8, 4) is 11.3 Å². The molecule has 0 radical (unpaired) electrons. The molecule has 2 aromatic rings. The van der Waals surface area contributed by atoms with E-state index in [1.807, 2.05) is 6.92 Å². The standard InChI is InChI=1S/C13H10BrClFNO/c1-2-17-11(7-6-8(14)13(17)18)12-9(15)4-3-5-10(12)16/h3-7H,2H2,1H3. The van der Waals surface area contributed by atoms with Gasteiger partial charge in [-0.25, -0.2) is 4.39 Å². The van der Waals surface area contributed by atoms with Crippen LogP contribution >= 0.6 is 27.5 Å². The predicted molar refractivity (Wildman–Crippen MR) is 74.5 cm³/mol. The van der Waals surface area contributed by atoms with Gasteiger partial charge in [-0.2, -0.15) is 0 Å². The monoisotopic (exact) mass is 329 g/mol. The maximum atomic E-state index is 13.9. The summed E-state index contributed by atoms with van der Waals surface area (Å²) in [6.45, 7) is 2.27. The number of rotatable bonds is 2. The molecule has 0 aliphatic heterocycles. The maximum Gasteiger partial charge on any atom is 0.265 e. The molecule has 2 rings (SSSR count). The zero-order valence-corrected chi connectivity index (χ0v) is 11.9. The van der Waals surface area contributed by atoms with Crippen molar-refractivity contribution in [1.29, 1.82) is 0 Å². The summed E-state index contributed by atoms with van der Waals surface area (Å²) in [6, 6.07) is 7.75. The fourth-order valence-corrected chi connectivity index (χ4v) is 2.43. The lowest BCUT2D eigenvalue weighted by molar-refractivity contribution is 0.626. The molecular weight excluding hydrogens is 321 g/mol. The summed E-state index contributed by atoms with van der Waals surface area (Å²) < 4.78 is 15.8. The second kappa shape index (κ2) is 5.24. The Labute approximate surface area is 117 Å². The summed E-state index contributed by atoms with van der Waals surface area (Å²) >= 11 is 9.19. The number of hydrogen-bond donors (Lipinski definition) is 0. The van der Waals surface area contributed by atoms with Crippen molar-refractivity contribution < 1.29 is 4.39 Å². The van der Waals surface area contributed by atoms with Crippen LogP contribution in [0, 0.1) is 5.82 Å². The predicted octanol–water partition coefficient (Wildman–Crippen LogP) is 4.09. The third kappa shape index (κ3) is 2.22. The molecule has 0 saturated carbocycles. The molecule has 0 fully saturated rings. The van der Waals surface area contributed by atoms with Gasteiger partial charge in [0.15, 0.2) is 0 Å². The number of nitrogens with zero attached hydrogens (tertiary/aromatic N) is 1. The van der Waals surface area contributed by atoms with Gasteiger partial charge in [0, 0.05) is 6.54 Å². The van der Waals surface area contributed by atoms with Crippen molar-refractivity contribution in [3.63, 3.8) is 0 Å². The van der Waals surface area contributed by atoms with Crippen molar-refractivity contribution >= 4 is 27.5 Å². The lowest BCUT2D eigenvalue weighted by atomic mass is 10.1. The van der Waals surface area contributed by atoms with Gasteiger partial charge in [0.05, 0.1) is 20.8 Å². The van der Waals surface area contributed by atoms with Gasteiger partial charge in [-0.05, 0) is 47.1 Å². The summed E-state index contributed by atoms with van der Waals surface area (Å²) in [6.07, 6.45) is 0. The topological polar surface area (TPSA) is 22.0 Å². The molecular formula is C13H10BrClFNO. The van der Waals surface area contributed by atoms with Crippen LogP contribution in [0.15, 0.2) is 39.6 Å². The molecule has 2 nitrogen and oxygen atoms in total. The normalized spacial score (nSPS) is 10.7. The largest absolute Gasteiger partial charge is 0.307 e. The first-order valence-corrected chi connectivity index (χ1v) is 6.57. The van der Waals surface area contributed by atoms with Crippen LogP contribution in [0.1, 0.15) is 6.92 Å². The third-order valence-electron chi connectivity index (χ3n) is 2.66. The van der Waals surface area contributed by atoms with Crippen LogP contribution in [0.25, 0.3) is 11.3 Å². The third-order valence-corrected chi connectivity index (χ3v) is 3.58. The van der Waals surface area contributed by atoms with E-state index in [1.54, 1.807) is 18.2 Å². The second-order valence-electron chi connectivity index (χ2n) is 3.71. The highest BCUT2D eigenvalue weighted by Gasteiger charge is 2.14. The average molecular weight is 331 g/mol. The molecule has 0 unspecified atom stereocenters. The highest BCUT2D eigenvalue weighted by atomic mass is 79.9. The van der Waals surface area contributed by atoms with Crippen LogP contribution in [0.4, 0.5) is 4.39 Å². The number of aromatic nitrogens is 1. The number of hydrogen-bond acceptors (Lipinski definition) is 1. The first kappa shape index (κ1) is 13.3. The van der Waals surface area contributed by atoms with E-state index in [4.69, 9.17) is 11.6 Å². The maximum absolute atomic E-state index is 13.9. The Balaban J connectivity index is 2.80. The summed E-state index contributed by atoms with van der Waals surface area (Å²) in [5.74, 6) is -0.438. The highest BCUT2D eigenvalue weighted by molar-refractivity contribution is 9.10. The highest BCUT2D eigenvalue weighted by Crippen LogP contribution is 2.30. The summed E-state index contributed by atoms with van der Waals surface area (Å²) in [5, 5.41) is 0.291. The molecule has 0 amide bonds. The van der Waals surface area contributed by atoms with Crippen LogP contribution in [-0.4, -0.2) is 4.57 Å². The Bertz CT molecular complexity index is 634. The van der Waals surface area contributed by atoms with E-state index in [1.165, 1.54) is 16.7 Å². The number of halogens is 3. The number of pyridine rings is 1. The Kier molecular flexibility index (Phi) is 3.88. The summed E-state index contributed by atoms with van der Waals surface area (Å²) in [5.41, 5.74) is 0.536. The Morgan fingerprint density at radius 1 is 1.33 bits per heavy atom. The molecule has 1 aromatic heterocycles. The molecule has 0 bridgehead atoms. The van der Waals surface area contributed by atoms with Crippen molar-refractivity contribution in [1.82, 2.24) is 4.57 Å². The minimum absolute atomic E-state index is 0.200. The van der Waals surface area contributed by atoms with Gasteiger partial charge in [-0.15, -0.1) is 0 Å². The van der Waals surface area contributed by atoms with Gasteiger partial charge < -0.3 is 4.57 Å². The van der Waals surface area contributed by atoms with Crippen LogP contribution in [0.2, 0.25) is 5.02 Å². The summed E-state index contributed by atoms with van der Waals surface area (Å²) in [4.78, 5) is 12.0. The molecule has 0 aliphatic rings. The van der Waals surface area contributed by atoms with E-state index in [2.05, 4.69) is 15.9 Å². The number of benzene rings is 1. The first-order valence-electron chi connectivity index (χ1n) is 5.40. The molecule has 94 valence electrons. The van der Waals surface area contributed by atoms with Gasteiger partial charge >= 0.3 is 0 Å². The smallest absolute Gasteiger partial charge is 0.265 e. The molecule has 1 aromatic carbocycles. The van der Waals surface area contributed by atoms with E-state index >= 15 is 0 Å². The van der Waals surface area contributed by atoms with Crippen LogP contribution in [0.3, 0.4) is 0 Å². The van der Waals surface area contributed by atoms with Gasteiger partial charge in [0.25, 0.3) is 5.56 Å². The average Bonchev–Trinajstić information content (AvgIpc) is 2.33. The fraction of sp³-hybridized carbons (Fsp3) is 0.154. The van der Waals surface area contributed by atoms with Gasteiger partial charge in [-0.1, -0.05) is 17.7 Å². The first-order chi connectivity index (χ1) is 8.56. The zero-order chi connectivity index (χ0) is 13.3. The minimum Gasteiger partial charge on any atom is -0.307 e. The fourth-order valence-electron chi connectivity index (χ4n) is 1.83. The van der Waals surface area contributed by atoms with Gasteiger partial charge in [0.1, 0.15) is 5.82 Å². The molecule has 5 heteroatoms. The molecule has 1 heterocycles. The Morgan fingerprint density at radius 3 is 2.67 bits per heavy atom. The summed E-state index contributed by atoms with van der Waals surface area (Å²) in [7, 11) is 0. The lowest BCUT2D eigenvalue weighted by Gasteiger charge is -2.13. The molecule has 0 saturated heterocycles. The van der Waals surface area contributed by atoms with E-state index < -0.39 is 5.82 Å². The quantitative estimate of drug-likeness (QED) is 0.813. The molecule has 18 heavy (non-hydrogen) atoms. The van der Waals surface area contributed by atoms with Gasteiger partial charge in [-0.3, -0.25) is 4.79 Å². The zero-order valence-electron chi connectivity index (χ0n) is 9.58. The van der Waals surface area contributed by atoms with Crippen LogP contribution < -0.4 is 5.56 Å². The molecule has 0 spiro atoms. The van der Waals surface area contributed by atoms with E-state index in [0.717, 1.165) is 0 Å². The molecule has 0 N–H and O–H groups in total. The van der Waals surface area contributed by atoms with Crippen molar-refractivity contribution in [2.75, 3.05) is 0 Å². The SMILES string of the molecule is CCn1c(-c2c(F)cccc2Cl)ccc(Br)c1=O. The van der Waals surface area contributed by atoms with Gasteiger partial charge in [0.2, 0.25) is 0 Å². The molecule has 0 aliphatic carbocycles. The Morgan fingerprint density at radius 2 is 2.06 bits per heavy atom. The van der Waals surface area contributed by atoms with Crippen molar-refractivity contribution in [2.24, 2.45) is 0 Å². The van der Waals surface area contributed by atoms with Crippen molar-refractivity contribution in [2.45, 2.75) is 13.5 Å². The van der Waals surface area contributed by atoms with E-state index in [-0.39, 0.29) is 11.1 Å². The molecule has 0 atom stereocenters. The van der Waals surface area contributed by atoms with Crippen molar-refractivity contribution in [3.05, 3.63) is 56.0 Å². The van der Waals surface area contributed by atoms with E-state index in [0.29, 0.717) is 21.7 Å². The minimum atomic E-state index is -0.438. The Hall–Kier alpha value is -1.13. The lowest BCUT2D eigenvalue weighted by Crippen LogP contribution is -2.21. The van der Waals surface area contributed by atoms with Crippen LogP contribution in [-0.2, 0) is 6.54 Å².